The summed E-state index contributed by atoms with van der Waals surface area (Å²) in [7, 11) is 0. The van der Waals surface area contributed by atoms with E-state index in [4.69, 9.17) is 14.2 Å². The lowest BCUT2D eigenvalue weighted by Gasteiger charge is -2.34. The highest BCUT2D eigenvalue weighted by Crippen LogP contribution is 2.25. The lowest BCUT2D eigenvalue weighted by Crippen LogP contribution is -2.47. The largest absolute Gasteiger partial charge is 0.493 e. The van der Waals surface area contributed by atoms with Crippen LogP contribution in [0.4, 0.5) is 0 Å². The molecule has 7 heteroatoms. The molecule has 1 aromatic heterocycles. The number of ether oxygens (including phenoxy) is 3. The highest BCUT2D eigenvalue weighted by Gasteiger charge is 2.19. The van der Waals surface area contributed by atoms with Crippen molar-refractivity contribution in [1.29, 1.82) is 0 Å². The van der Waals surface area contributed by atoms with Crippen molar-refractivity contribution in [3.05, 3.63) is 154 Å². The molecule has 7 nitrogen and oxygen atoms in total. The van der Waals surface area contributed by atoms with Crippen LogP contribution in [0.1, 0.15) is 38.9 Å². The molecule has 0 bridgehead atoms. The molecular weight excluding hydrogens is 622 g/mol. The number of hydrogen-bond donors (Lipinski definition) is 0. The van der Waals surface area contributed by atoms with Crippen LogP contribution in [0.3, 0.4) is 0 Å². The summed E-state index contributed by atoms with van der Waals surface area (Å²) in [5, 5.41) is 0. The van der Waals surface area contributed by atoms with Crippen molar-refractivity contribution < 1.29 is 19.0 Å². The Morgan fingerprint density at radius 2 is 1.34 bits per heavy atom. The van der Waals surface area contributed by atoms with Crippen molar-refractivity contribution in [2.24, 2.45) is 0 Å². The summed E-state index contributed by atoms with van der Waals surface area (Å²) in [6, 6.07) is 34.7. The molecule has 4 aromatic carbocycles. The molecule has 1 saturated heterocycles. The van der Waals surface area contributed by atoms with Gasteiger partial charge in [0.1, 0.15) is 23.9 Å². The second-order valence-corrected chi connectivity index (χ2v) is 12.9. The van der Waals surface area contributed by atoms with Gasteiger partial charge >= 0.3 is 0 Å². The van der Waals surface area contributed by atoms with E-state index in [1.165, 1.54) is 22.3 Å². The van der Waals surface area contributed by atoms with E-state index >= 15 is 0 Å². The Balaban J connectivity index is 0.911. The van der Waals surface area contributed by atoms with Crippen molar-refractivity contribution in [2.75, 3.05) is 32.8 Å². The maximum atomic E-state index is 13.0. The first kappa shape index (κ1) is 34.5. The highest BCUT2D eigenvalue weighted by atomic mass is 16.5. The van der Waals surface area contributed by atoms with Gasteiger partial charge in [-0.1, -0.05) is 77.9 Å². The number of carbonyl (C=O) groups is 1. The molecule has 0 atom stereocenters. The van der Waals surface area contributed by atoms with Crippen molar-refractivity contribution >= 4 is 12.0 Å². The number of aryl methyl sites for hydroxylation is 3. The minimum atomic E-state index is 0.0375. The summed E-state index contributed by atoms with van der Waals surface area (Å²) in [6.07, 6.45) is 6.11. The van der Waals surface area contributed by atoms with E-state index in [1.54, 1.807) is 18.3 Å². The molecular formula is C43H45N3O4. The SMILES string of the molecule is Cc1ccc(COc2ccc(Oc3ccc(/C=C/C(=O)N4CCN(Cc5ccc(CCOc6ccc(C)cc6)cc5)CC4)c(C)c3)nc2)cc1. The molecule has 0 unspecified atom stereocenters. The second-order valence-electron chi connectivity index (χ2n) is 12.9. The molecule has 0 radical (unpaired) electrons. The number of carbonyl (C=O) groups excluding carboxylic acids is 1. The molecule has 1 aliphatic rings. The molecule has 2 heterocycles. The number of rotatable bonds is 13. The van der Waals surface area contributed by atoms with Gasteiger partial charge in [-0.25, -0.2) is 4.98 Å². The predicted molar refractivity (Wildman–Crippen MR) is 199 cm³/mol. The van der Waals surface area contributed by atoms with Gasteiger partial charge in [-0.2, -0.15) is 0 Å². The maximum absolute atomic E-state index is 13.0. The van der Waals surface area contributed by atoms with Crippen LogP contribution in [0.15, 0.2) is 115 Å². The molecule has 5 aromatic rings. The topological polar surface area (TPSA) is 64.1 Å². The number of hydrogen-bond acceptors (Lipinski definition) is 6. The average Bonchev–Trinajstić information content (AvgIpc) is 3.13. The zero-order valence-corrected chi connectivity index (χ0v) is 29.2. The molecule has 1 aliphatic heterocycles. The lowest BCUT2D eigenvalue weighted by atomic mass is 10.1. The van der Waals surface area contributed by atoms with Gasteiger partial charge in [0.25, 0.3) is 0 Å². The number of pyridine rings is 1. The van der Waals surface area contributed by atoms with Crippen molar-refractivity contribution in [3.63, 3.8) is 0 Å². The molecule has 1 amide bonds. The number of benzene rings is 4. The molecule has 6 rings (SSSR count). The van der Waals surface area contributed by atoms with Crippen LogP contribution < -0.4 is 14.2 Å². The van der Waals surface area contributed by atoms with E-state index < -0.39 is 0 Å². The minimum Gasteiger partial charge on any atom is -0.493 e. The van der Waals surface area contributed by atoms with E-state index in [-0.39, 0.29) is 5.91 Å². The quantitative estimate of drug-likeness (QED) is 0.118. The Labute approximate surface area is 295 Å². The van der Waals surface area contributed by atoms with Gasteiger partial charge in [-0.15, -0.1) is 0 Å². The summed E-state index contributed by atoms with van der Waals surface area (Å²) in [4.78, 5) is 21.8. The number of nitrogens with zero attached hydrogens (tertiary/aromatic N) is 3. The normalized spacial score (nSPS) is 13.4. The monoisotopic (exact) mass is 667 g/mol. The van der Waals surface area contributed by atoms with Gasteiger partial charge in [0.2, 0.25) is 11.8 Å². The van der Waals surface area contributed by atoms with Crippen molar-refractivity contribution in [1.82, 2.24) is 14.8 Å². The first-order valence-corrected chi connectivity index (χ1v) is 17.3. The van der Waals surface area contributed by atoms with Crippen LogP contribution in [0.2, 0.25) is 0 Å². The Morgan fingerprint density at radius 1 is 0.700 bits per heavy atom. The summed E-state index contributed by atoms with van der Waals surface area (Å²) < 4.78 is 17.7. The van der Waals surface area contributed by atoms with Crippen LogP contribution in [0.25, 0.3) is 6.08 Å². The molecule has 256 valence electrons. The van der Waals surface area contributed by atoms with Gasteiger partial charge in [0.15, 0.2) is 0 Å². The lowest BCUT2D eigenvalue weighted by molar-refractivity contribution is -0.127. The summed E-state index contributed by atoms with van der Waals surface area (Å²) in [6.45, 7) is 11.3. The standard InChI is InChI=1S/C43H45N3O4/c1-32-4-8-37(9-5-32)31-49-41-19-20-42(44-29-41)50-40-18-14-38(34(3)28-40)15-21-43(47)46-25-23-45(24-26-46)30-36-12-10-35(11-13-36)22-27-48-39-16-6-33(2)7-17-39/h4-21,28-29H,22-27,30-31H2,1-3H3/b21-15+. The third kappa shape index (κ3) is 10.1. The molecule has 1 fully saturated rings. The molecule has 50 heavy (non-hydrogen) atoms. The van der Waals surface area contributed by atoms with Crippen molar-refractivity contribution in [3.8, 4) is 23.1 Å². The van der Waals surface area contributed by atoms with E-state index in [0.29, 0.717) is 43.7 Å². The summed E-state index contributed by atoms with van der Waals surface area (Å²) >= 11 is 0. The first-order chi connectivity index (χ1) is 24.4. The fourth-order valence-electron chi connectivity index (χ4n) is 5.77. The van der Waals surface area contributed by atoms with Crippen LogP contribution in [0, 0.1) is 20.8 Å². The van der Waals surface area contributed by atoms with E-state index in [2.05, 4.69) is 84.4 Å². The van der Waals surface area contributed by atoms with Gasteiger partial charge in [-0.05, 0) is 85.0 Å². The van der Waals surface area contributed by atoms with Gasteiger partial charge in [0, 0.05) is 51.3 Å². The Hall–Kier alpha value is -5.40. The summed E-state index contributed by atoms with van der Waals surface area (Å²) in [5.41, 5.74) is 8.10. The third-order valence-corrected chi connectivity index (χ3v) is 8.90. The van der Waals surface area contributed by atoms with Crippen LogP contribution in [0.5, 0.6) is 23.1 Å². The van der Waals surface area contributed by atoms with E-state index in [0.717, 1.165) is 48.5 Å². The van der Waals surface area contributed by atoms with E-state index in [9.17, 15) is 4.79 Å². The molecule has 0 aliphatic carbocycles. The second kappa shape index (κ2) is 16.8. The summed E-state index contributed by atoms with van der Waals surface area (Å²) in [5.74, 6) is 2.80. The smallest absolute Gasteiger partial charge is 0.246 e. The van der Waals surface area contributed by atoms with Gasteiger partial charge in [-0.3, -0.25) is 9.69 Å². The maximum Gasteiger partial charge on any atom is 0.246 e. The Bertz CT molecular complexity index is 1860. The fourth-order valence-corrected chi connectivity index (χ4v) is 5.77. The first-order valence-electron chi connectivity index (χ1n) is 17.3. The third-order valence-electron chi connectivity index (χ3n) is 8.90. The molecule has 0 saturated carbocycles. The van der Waals surface area contributed by atoms with Gasteiger partial charge < -0.3 is 19.1 Å². The van der Waals surface area contributed by atoms with Crippen LogP contribution in [-0.2, 0) is 24.4 Å². The Morgan fingerprint density at radius 3 is 2.02 bits per heavy atom. The zero-order chi connectivity index (χ0) is 34.7. The molecule has 0 spiro atoms. The number of piperazine rings is 1. The zero-order valence-electron chi connectivity index (χ0n) is 29.2. The molecule has 0 N–H and O–H groups in total. The highest BCUT2D eigenvalue weighted by molar-refractivity contribution is 5.92. The van der Waals surface area contributed by atoms with Crippen molar-refractivity contribution in [2.45, 2.75) is 40.3 Å². The fraction of sp³-hybridized carbons (Fsp3) is 0.256. The van der Waals surface area contributed by atoms with Crippen LogP contribution >= 0.6 is 0 Å². The number of aromatic nitrogens is 1. The van der Waals surface area contributed by atoms with Crippen LogP contribution in [-0.4, -0.2) is 53.5 Å². The van der Waals surface area contributed by atoms with Gasteiger partial charge in [0.05, 0.1) is 12.8 Å². The average molecular weight is 668 g/mol. The minimum absolute atomic E-state index is 0.0375. The number of amides is 1. The Kier molecular flexibility index (Phi) is 11.6. The predicted octanol–water partition coefficient (Wildman–Crippen LogP) is 8.36. The van der Waals surface area contributed by atoms with E-state index in [1.807, 2.05) is 54.3 Å².